The summed E-state index contributed by atoms with van der Waals surface area (Å²) in [4.78, 5) is 24.4. The zero-order valence-electron chi connectivity index (χ0n) is 13.3. The molecule has 126 valence electrons. The second-order valence-corrected chi connectivity index (χ2v) is 5.55. The molecule has 0 spiro atoms. The Hall–Kier alpha value is -1.15. The van der Waals surface area contributed by atoms with Crippen LogP contribution in [-0.2, 0) is 19.1 Å². The minimum atomic E-state index is -0.580. The Bertz CT molecular complexity index is 396. The molecule has 0 radical (unpaired) electrons. The number of methoxy groups -OCH3 is 1. The van der Waals surface area contributed by atoms with E-state index in [2.05, 4.69) is 14.6 Å². The number of carbonyl (C=O) groups is 2. The average Bonchev–Trinajstić information content (AvgIpc) is 2.52. The lowest BCUT2D eigenvalue weighted by Gasteiger charge is -2.39. The molecule has 7 nitrogen and oxygen atoms in total. The predicted octanol–water partition coefficient (Wildman–Crippen LogP) is 0.656. The van der Waals surface area contributed by atoms with E-state index in [9.17, 15) is 9.59 Å². The summed E-state index contributed by atoms with van der Waals surface area (Å²) in [6.07, 6.45) is 2.11. The molecule has 1 heterocycles. The van der Waals surface area contributed by atoms with Gasteiger partial charge in [-0.25, -0.2) is 14.6 Å². The summed E-state index contributed by atoms with van der Waals surface area (Å²) >= 11 is 6.19. The Morgan fingerprint density at radius 2 is 1.77 bits per heavy atom. The van der Waals surface area contributed by atoms with Crippen molar-refractivity contribution < 1.29 is 19.1 Å². The normalized spacial score (nSPS) is 17.4. The van der Waals surface area contributed by atoms with E-state index >= 15 is 0 Å². The SMILES string of the molecule is COC(=O)/C=C/C(=O)OCCN1CCN(N(Cl)C(C)C)CC1. The molecule has 1 aliphatic heterocycles. The van der Waals surface area contributed by atoms with Gasteiger partial charge in [-0.2, -0.15) is 4.53 Å². The fourth-order valence-electron chi connectivity index (χ4n) is 2.01. The van der Waals surface area contributed by atoms with E-state index in [-0.39, 0.29) is 6.04 Å². The van der Waals surface area contributed by atoms with Gasteiger partial charge in [0.05, 0.1) is 7.11 Å². The van der Waals surface area contributed by atoms with Gasteiger partial charge in [0.25, 0.3) is 0 Å². The molecule has 0 aliphatic carbocycles. The van der Waals surface area contributed by atoms with Crippen LogP contribution in [0.5, 0.6) is 0 Å². The molecule has 1 aliphatic rings. The minimum Gasteiger partial charge on any atom is -0.466 e. The number of carbonyl (C=O) groups excluding carboxylic acids is 2. The van der Waals surface area contributed by atoms with Gasteiger partial charge in [-0.15, -0.1) is 0 Å². The molecular weight excluding hydrogens is 310 g/mol. The molecule has 0 N–H and O–H groups in total. The Kier molecular flexibility index (Phi) is 8.40. The maximum absolute atomic E-state index is 11.4. The van der Waals surface area contributed by atoms with E-state index in [4.69, 9.17) is 16.5 Å². The lowest BCUT2D eigenvalue weighted by molar-refractivity contribution is -0.139. The van der Waals surface area contributed by atoms with Crippen LogP contribution in [0.2, 0.25) is 0 Å². The Morgan fingerprint density at radius 1 is 1.18 bits per heavy atom. The topological polar surface area (TPSA) is 62.3 Å². The second-order valence-electron chi connectivity index (χ2n) is 5.20. The first kappa shape index (κ1) is 18.9. The molecule has 1 fully saturated rings. The van der Waals surface area contributed by atoms with Crippen LogP contribution in [-0.4, -0.2) is 78.9 Å². The van der Waals surface area contributed by atoms with Crippen LogP contribution in [0.15, 0.2) is 12.2 Å². The lowest BCUT2D eigenvalue weighted by Crippen LogP contribution is -2.52. The maximum Gasteiger partial charge on any atom is 0.331 e. The third-order valence-corrected chi connectivity index (χ3v) is 3.86. The fraction of sp³-hybridized carbons (Fsp3) is 0.714. The molecule has 0 aromatic heterocycles. The van der Waals surface area contributed by atoms with Gasteiger partial charge in [-0.05, 0) is 25.6 Å². The quantitative estimate of drug-likeness (QED) is 0.385. The van der Waals surface area contributed by atoms with Crippen LogP contribution in [0.25, 0.3) is 0 Å². The maximum atomic E-state index is 11.4. The first-order valence-electron chi connectivity index (χ1n) is 7.29. The largest absolute Gasteiger partial charge is 0.466 e. The highest BCUT2D eigenvalue weighted by Crippen LogP contribution is 2.11. The molecule has 0 saturated carbocycles. The Labute approximate surface area is 136 Å². The number of halogens is 1. The van der Waals surface area contributed by atoms with Gasteiger partial charge < -0.3 is 9.47 Å². The molecule has 0 atom stereocenters. The molecule has 1 saturated heterocycles. The summed E-state index contributed by atoms with van der Waals surface area (Å²) in [5.74, 6) is -1.13. The molecule has 0 aromatic carbocycles. The van der Waals surface area contributed by atoms with E-state index < -0.39 is 11.9 Å². The zero-order chi connectivity index (χ0) is 16.5. The molecule has 0 aromatic rings. The van der Waals surface area contributed by atoms with Crippen molar-refractivity contribution in [3.8, 4) is 0 Å². The highest BCUT2D eigenvalue weighted by Gasteiger charge is 2.22. The summed E-state index contributed by atoms with van der Waals surface area (Å²) in [6.45, 7) is 8.46. The summed E-state index contributed by atoms with van der Waals surface area (Å²) in [5.41, 5.74) is 0. The van der Waals surface area contributed by atoms with Crippen molar-refractivity contribution in [2.75, 3.05) is 46.4 Å². The van der Waals surface area contributed by atoms with Crippen molar-refractivity contribution >= 4 is 23.7 Å². The number of esters is 2. The third-order valence-electron chi connectivity index (χ3n) is 3.25. The lowest BCUT2D eigenvalue weighted by atomic mass is 10.3. The van der Waals surface area contributed by atoms with Gasteiger partial charge >= 0.3 is 11.9 Å². The zero-order valence-corrected chi connectivity index (χ0v) is 14.1. The highest BCUT2D eigenvalue weighted by molar-refractivity contribution is 6.13. The number of rotatable bonds is 7. The Balaban J connectivity index is 2.19. The van der Waals surface area contributed by atoms with E-state index in [0.717, 1.165) is 38.3 Å². The predicted molar refractivity (Wildman–Crippen MR) is 83.0 cm³/mol. The van der Waals surface area contributed by atoms with Crippen molar-refractivity contribution in [3.63, 3.8) is 0 Å². The summed E-state index contributed by atoms with van der Waals surface area (Å²) < 4.78 is 11.1. The van der Waals surface area contributed by atoms with Crippen molar-refractivity contribution in [3.05, 3.63) is 12.2 Å². The molecule has 0 bridgehead atoms. The van der Waals surface area contributed by atoms with Crippen molar-refractivity contribution in [1.82, 2.24) is 14.4 Å². The van der Waals surface area contributed by atoms with Crippen LogP contribution in [0.4, 0.5) is 0 Å². The highest BCUT2D eigenvalue weighted by atomic mass is 35.5. The first-order valence-corrected chi connectivity index (χ1v) is 7.63. The van der Waals surface area contributed by atoms with Crippen molar-refractivity contribution in [2.45, 2.75) is 19.9 Å². The summed E-state index contributed by atoms with van der Waals surface area (Å²) in [5, 5.41) is 2.10. The molecule has 1 rings (SSSR count). The van der Waals surface area contributed by atoms with E-state index in [1.54, 1.807) is 4.53 Å². The number of nitrogens with zero attached hydrogens (tertiary/aromatic N) is 3. The number of ether oxygens (including phenoxy) is 2. The van der Waals surface area contributed by atoms with Crippen LogP contribution in [0.3, 0.4) is 0 Å². The van der Waals surface area contributed by atoms with Crippen LogP contribution in [0.1, 0.15) is 13.8 Å². The number of hydrazine groups is 1. The molecule has 0 unspecified atom stereocenters. The van der Waals surface area contributed by atoms with Gasteiger partial charge in [0.15, 0.2) is 0 Å². The minimum absolute atomic E-state index is 0.260. The first-order chi connectivity index (χ1) is 10.4. The van der Waals surface area contributed by atoms with Crippen LogP contribution >= 0.6 is 11.8 Å². The molecule has 22 heavy (non-hydrogen) atoms. The van der Waals surface area contributed by atoms with Crippen LogP contribution in [0, 0.1) is 0 Å². The van der Waals surface area contributed by atoms with Crippen molar-refractivity contribution in [2.24, 2.45) is 0 Å². The standard InChI is InChI=1S/C14H24ClN3O4/c1-12(2)18(15)17-8-6-16(7-9-17)10-11-22-14(20)5-4-13(19)21-3/h4-5,12H,6-11H2,1-3H3/b5-4+. The number of hydrogen-bond donors (Lipinski definition) is 0. The van der Waals surface area contributed by atoms with Gasteiger partial charge in [-0.3, -0.25) is 4.90 Å². The van der Waals surface area contributed by atoms with E-state index in [1.165, 1.54) is 7.11 Å². The number of piperazine rings is 1. The van der Waals surface area contributed by atoms with Gasteiger partial charge in [0.2, 0.25) is 0 Å². The second kappa shape index (κ2) is 9.78. The molecule has 0 amide bonds. The molecular formula is C14H24ClN3O4. The number of hydrogen-bond acceptors (Lipinski definition) is 7. The summed E-state index contributed by atoms with van der Waals surface area (Å²) in [7, 11) is 1.25. The monoisotopic (exact) mass is 333 g/mol. The van der Waals surface area contributed by atoms with E-state index in [0.29, 0.717) is 13.2 Å². The smallest absolute Gasteiger partial charge is 0.331 e. The average molecular weight is 334 g/mol. The fourth-order valence-corrected chi connectivity index (χ4v) is 2.16. The van der Waals surface area contributed by atoms with E-state index in [1.807, 2.05) is 13.8 Å². The van der Waals surface area contributed by atoms with Gasteiger partial charge in [-0.1, -0.05) is 0 Å². The summed E-state index contributed by atoms with van der Waals surface area (Å²) in [6, 6.07) is 0.260. The van der Waals surface area contributed by atoms with Gasteiger partial charge in [0.1, 0.15) is 6.61 Å². The molecule has 8 heteroatoms. The third kappa shape index (κ3) is 6.74. The van der Waals surface area contributed by atoms with Crippen molar-refractivity contribution in [1.29, 1.82) is 0 Å². The van der Waals surface area contributed by atoms with Gasteiger partial charge in [0, 0.05) is 50.9 Å². The Morgan fingerprint density at radius 3 is 2.32 bits per heavy atom. The van der Waals surface area contributed by atoms with Crippen LogP contribution < -0.4 is 0 Å².